The molecule has 0 aliphatic carbocycles. The van der Waals surface area contributed by atoms with Gasteiger partial charge in [0.2, 0.25) is 5.91 Å². The van der Waals surface area contributed by atoms with Gasteiger partial charge in [-0.3, -0.25) is 9.69 Å². The lowest BCUT2D eigenvalue weighted by Gasteiger charge is -2.40. The van der Waals surface area contributed by atoms with Crippen molar-refractivity contribution < 1.29 is 19.4 Å². The van der Waals surface area contributed by atoms with Gasteiger partial charge in [-0.15, -0.1) is 0 Å². The fourth-order valence-corrected chi connectivity index (χ4v) is 6.22. The Bertz CT molecular complexity index is 1690. The lowest BCUT2D eigenvalue weighted by atomic mass is 9.91. The third-order valence-electron chi connectivity index (χ3n) is 8.86. The van der Waals surface area contributed by atoms with Crippen molar-refractivity contribution in [2.24, 2.45) is 0 Å². The molecule has 4 aromatic rings. The van der Waals surface area contributed by atoms with E-state index >= 15 is 0 Å². The van der Waals surface area contributed by atoms with Gasteiger partial charge in [0.25, 0.3) is 0 Å². The highest BCUT2D eigenvalue weighted by atomic mass is 16.6. The van der Waals surface area contributed by atoms with Crippen molar-refractivity contribution >= 4 is 5.91 Å². The lowest BCUT2D eigenvalue weighted by Crippen LogP contribution is -2.55. The van der Waals surface area contributed by atoms with Gasteiger partial charge in [-0.2, -0.15) is 5.26 Å². The topological polar surface area (TPSA) is 94.8 Å². The van der Waals surface area contributed by atoms with Crippen molar-refractivity contribution in [1.29, 1.82) is 5.26 Å². The molecule has 0 spiro atoms. The van der Waals surface area contributed by atoms with E-state index in [2.05, 4.69) is 67.4 Å². The number of aliphatic hydroxyl groups is 1. The number of hydrogen-bond acceptors (Lipinski definition) is 6. The summed E-state index contributed by atoms with van der Waals surface area (Å²) >= 11 is 0. The molecule has 2 aliphatic rings. The van der Waals surface area contributed by atoms with Gasteiger partial charge in [0.15, 0.2) is 17.6 Å². The van der Waals surface area contributed by atoms with Gasteiger partial charge in [0.1, 0.15) is 6.61 Å². The summed E-state index contributed by atoms with van der Waals surface area (Å²) in [5, 5.41) is 22.4. The number of carbonyl (C=O) groups is 1. The molecular formula is C38H39N3O4. The summed E-state index contributed by atoms with van der Waals surface area (Å²) in [4.78, 5) is 16.0. The number of amides is 1. The van der Waals surface area contributed by atoms with Crippen LogP contribution in [0.5, 0.6) is 11.5 Å². The third-order valence-corrected chi connectivity index (χ3v) is 8.86. The SMILES string of the molecule is Cc1ccc(C2COc3cc4c(cc3O2)CN(C(C)C)[C@H](C(=O)N[C@H](CO)Cc2ccc(-c3ccc(C#N)cc3)cc2)C4)cc1. The Balaban J connectivity index is 1.13. The summed E-state index contributed by atoms with van der Waals surface area (Å²) in [6.45, 7) is 7.18. The fraction of sp³-hybridized carbons (Fsp3) is 0.316. The van der Waals surface area contributed by atoms with Crippen LogP contribution >= 0.6 is 0 Å². The predicted molar refractivity (Wildman–Crippen MR) is 174 cm³/mol. The number of fused-ring (bicyclic) bond motifs is 2. The Morgan fingerprint density at radius 3 is 2.29 bits per heavy atom. The van der Waals surface area contributed by atoms with Crippen LogP contribution in [-0.4, -0.2) is 47.3 Å². The van der Waals surface area contributed by atoms with Crippen LogP contribution in [0.4, 0.5) is 0 Å². The number of nitrogens with zero attached hydrogens (tertiary/aromatic N) is 2. The van der Waals surface area contributed by atoms with E-state index in [0.717, 1.165) is 39.1 Å². The molecule has 45 heavy (non-hydrogen) atoms. The van der Waals surface area contributed by atoms with E-state index in [1.54, 1.807) is 0 Å². The third kappa shape index (κ3) is 6.73. The number of ether oxygens (including phenoxy) is 2. The van der Waals surface area contributed by atoms with Gasteiger partial charge in [-0.05, 0) is 91.3 Å². The summed E-state index contributed by atoms with van der Waals surface area (Å²) in [7, 11) is 0. The Hall–Kier alpha value is -4.64. The Labute approximate surface area is 265 Å². The second kappa shape index (κ2) is 13.2. The zero-order valence-corrected chi connectivity index (χ0v) is 26.0. The molecule has 2 N–H and O–H groups in total. The first kappa shape index (κ1) is 30.4. The first-order chi connectivity index (χ1) is 21.8. The normalized spacial score (nSPS) is 18.1. The fourth-order valence-electron chi connectivity index (χ4n) is 6.22. The first-order valence-electron chi connectivity index (χ1n) is 15.6. The minimum atomic E-state index is -0.410. The molecule has 3 atom stereocenters. The van der Waals surface area contributed by atoms with Gasteiger partial charge >= 0.3 is 0 Å². The highest BCUT2D eigenvalue weighted by molar-refractivity contribution is 5.83. The highest BCUT2D eigenvalue weighted by Gasteiger charge is 2.35. The maximum atomic E-state index is 13.7. The summed E-state index contributed by atoms with van der Waals surface area (Å²) in [6.07, 6.45) is 0.901. The van der Waals surface area contributed by atoms with E-state index in [0.29, 0.717) is 37.3 Å². The van der Waals surface area contributed by atoms with Crippen molar-refractivity contribution in [2.75, 3.05) is 13.2 Å². The molecular weight excluding hydrogens is 562 g/mol. The standard InChI is InChI=1S/C38H39N3O4/c1-24(2)41-21-32-19-36-35(44-23-37(45-36)30-10-4-25(3)5-11-30)18-31(32)17-34(41)38(43)40-33(22-42)16-26-6-12-28(13-7-26)29-14-8-27(20-39)9-15-29/h4-15,18-19,24,33-34,37,42H,16-17,21-23H2,1-3H3,(H,40,43)/t33-,34-,37?/m0/s1. The molecule has 230 valence electrons. The van der Waals surface area contributed by atoms with E-state index in [1.807, 2.05) is 54.6 Å². The molecule has 0 radical (unpaired) electrons. The van der Waals surface area contributed by atoms with Crippen molar-refractivity contribution in [1.82, 2.24) is 10.2 Å². The van der Waals surface area contributed by atoms with Gasteiger partial charge in [0.05, 0.1) is 30.3 Å². The van der Waals surface area contributed by atoms with Crippen LogP contribution in [-0.2, 0) is 24.2 Å². The molecule has 0 bridgehead atoms. The van der Waals surface area contributed by atoms with E-state index < -0.39 is 6.04 Å². The van der Waals surface area contributed by atoms with Crippen molar-refractivity contribution in [3.05, 3.63) is 118 Å². The molecule has 2 heterocycles. The van der Waals surface area contributed by atoms with E-state index in [-0.39, 0.29) is 30.7 Å². The van der Waals surface area contributed by atoms with Crippen LogP contribution in [0.1, 0.15) is 53.3 Å². The van der Waals surface area contributed by atoms with Gasteiger partial charge in [-0.1, -0.05) is 66.2 Å². The maximum Gasteiger partial charge on any atom is 0.238 e. The van der Waals surface area contributed by atoms with Crippen LogP contribution in [0.15, 0.2) is 84.9 Å². The van der Waals surface area contributed by atoms with E-state index in [1.165, 1.54) is 5.56 Å². The molecule has 0 fully saturated rings. The van der Waals surface area contributed by atoms with Gasteiger partial charge in [-0.25, -0.2) is 0 Å². The molecule has 7 heteroatoms. The molecule has 6 rings (SSSR count). The molecule has 4 aromatic carbocycles. The monoisotopic (exact) mass is 601 g/mol. The number of nitrogens with one attached hydrogen (secondary N) is 1. The van der Waals surface area contributed by atoms with Crippen LogP contribution < -0.4 is 14.8 Å². The smallest absolute Gasteiger partial charge is 0.238 e. The van der Waals surface area contributed by atoms with E-state index in [4.69, 9.17) is 14.7 Å². The minimum Gasteiger partial charge on any atom is -0.485 e. The highest BCUT2D eigenvalue weighted by Crippen LogP contribution is 2.41. The summed E-state index contributed by atoms with van der Waals surface area (Å²) in [5.41, 5.74) is 8.24. The minimum absolute atomic E-state index is 0.0862. The summed E-state index contributed by atoms with van der Waals surface area (Å²) in [5.74, 6) is 1.37. The molecule has 7 nitrogen and oxygen atoms in total. The Kier molecular flexibility index (Phi) is 8.88. The van der Waals surface area contributed by atoms with Gasteiger partial charge < -0.3 is 19.9 Å². The average molecular weight is 602 g/mol. The predicted octanol–water partition coefficient (Wildman–Crippen LogP) is 5.90. The van der Waals surface area contributed by atoms with Crippen LogP contribution in [0, 0.1) is 18.3 Å². The second-order valence-electron chi connectivity index (χ2n) is 12.4. The zero-order chi connectivity index (χ0) is 31.5. The van der Waals surface area contributed by atoms with Gasteiger partial charge in [0, 0.05) is 12.6 Å². The Morgan fingerprint density at radius 1 is 0.978 bits per heavy atom. The van der Waals surface area contributed by atoms with Crippen molar-refractivity contribution in [3.63, 3.8) is 0 Å². The summed E-state index contributed by atoms with van der Waals surface area (Å²) < 4.78 is 12.6. The molecule has 0 aromatic heterocycles. The van der Waals surface area contributed by atoms with Crippen LogP contribution in [0.25, 0.3) is 11.1 Å². The quantitative estimate of drug-likeness (QED) is 0.261. The maximum absolute atomic E-state index is 13.7. The number of rotatable bonds is 8. The Morgan fingerprint density at radius 2 is 1.64 bits per heavy atom. The summed E-state index contributed by atoms with van der Waals surface area (Å²) in [6, 6.07) is 29.6. The number of carbonyl (C=O) groups excluding carboxylic acids is 1. The van der Waals surface area contributed by atoms with Crippen LogP contribution in [0.3, 0.4) is 0 Å². The molecule has 2 aliphatic heterocycles. The first-order valence-corrected chi connectivity index (χ1v) is 15.6. The number of aliphatic hydroxyl groups excluding tert-OH is 1. The zero-order valence-electron chi connectivity index (χ0n) is 26.0. The molecule has 0 saturated carbocycles. The number of benzene rings is 4. The van der Waals surface area contributed by atoms with Crippen LogP contribution in [0.2, 0.25) is 0 Å². The number of aryl methyl sites for hydroxylation is 1. The molecule has 1 amide bonds. The van der Waals surface area contributed by atoms with Crippen molar-refractivity contribution in [3.8, 4) is 28.7 Å². The number of nitriles is 1. The van der Waals surface area contributed by atoms with Crippen molar-refractivity contribution in [2.45, 2.75) is 64.4 Å². The number of hydrogen-bond donors (Lipinski definition) is 2. The molecule has 0 saturated heterocycles. The lowest BCUT2D eigenvalue weighted by molar-refractivity contribution is -0.129. The van der Waals surface area contributed by atoms with E-state index in [9.17, 15) is 9.90 Å². The largest absolute Gasteiger partial charge is 0.485 e. The molecule has 1 unspecified atom stereocenters. The second-order valence-corrected chi connectivity index (χ2v) is 12.4. The average Bonchev–Trinajstić information content (AvgIpc) is 3.06.